The molecule has 286 valence electrons. The van der Waals surface area contributed by atoms with E-state index in [2.05, 4.69) is 30.8 Å². The molecule has 1 aromatic heterocycles. The lowest BCUT2D eigenvalue weighted by Crippen LogP contribution is -2.27. The van der Waals surface area contributed by atoms with E-state index in [9.17, 15) is 56.7 Å². The number of Topliss-reactive ketones (excluding diaryl/α,β-unsaturated/α-hetero) is 1. The number of hydrazone groups is 1. The van der Waals surface area contributed by atoms with Crippen LogP contribution in [0.25, 0.3) is 16.8 Å². The van der Waals surface area contributed by atoms with Crippen LogP contribution in [0.1, 0.15) is 15.9 Å². The lowest BCUT2D eigenvalue weighted by molar-refractivity contribution is 0.106. The minimum Gasteiger partial charge on any atom is -0.324 e. The van der Waals surface area contributed by atoms with E-state index in [1.807, 2.05) is 6.07 Å². The highest BCUT2D eigenvalue weighted by atomic mass is 35.5. The molecule has 0 aliphatic heterocycles. The molecule has 6 rings (SSSR count). The molecule has 0 unspecified atom stereocenters. The van der Waals surface area contributed by atoms with E-state index in [0.29, 0.717) is 24.3 Å². The van der Waals surface area contributed by atoms with Gasteiger partial charge < -0.3 is 10.2 Å². The monoisotopic (exact) mass is 851 g/mol. The smallest absolute Gasteiger partial charge is 0.296 e. The summed E-state index contributed by atoms with van der Waals surface area (Å²) in [5, 5.41) is 5.27. The molecule has 0 radical (unpaired) electrons. The summed E-state index contributed by atoms with van der Waals surface area (Å²) in [6, 6.07) is 15.2. The van der Waals surface area contributed by atoms with Crippen molar-refractivity contribution in [3.63, 3.8) is 0 Å². The largest absolute Gasteiger partial charge is 0.324 e. The van der Waals surface area contributed by atoms with Gasteiger partial charge in [-0.3, -0.25) is 28.4 Å². The van der Waals surface area contributed by atoms with Gasteiger partial charge >= 0.3 is 0 Å². The molecule has 1 heterocycles. The van der Waals surface area contributed by atoms with Crippen LogP contribution in [0, 0.1) is 0 Å². The van der Waals surface area contributed by atoms with Gasteiger partial charge in [0.15, 0.2) is 5.71 Å². The van der Waals surface area contributed by atoms with Crippen LogP contribution in [0.2, 0.25) is 5.28 Å². The van der Waals surface area contributed by atoms with Crippen LogP contribution in [-0.2, 0) is 40.5 Å². The Labute approximate surface area is 316 Å². The van der Waals surface area contributed by atoms with E-state index >= 15 is 0 Å². The molecule has 6 N–H and O–H groups in total. The van der Waals surface area contributed by atoms with Gasteiger partial charge in [-0.05, 0) is 83.2 Å². The molecule has 0 bridgehead atoms. The minimum atomic E-state index is -5.29. The Morgan fingerprint density at radius 3 is 2.04 bits per heavy atom. The fourth-order valence-electron chi connectivity index (χ4n) is 5.27. The first-order chi connectivity index (χ1) is 25.5. The number of nitrogens with zero attached hydrogens (tertiary/aromatic N) is 5. The van der Waals surface area contributed by atoms with Crippen LogP contribution in [0.4, 0.5) is 29.0 Å². The number of allylic oxidation sites excluding steroid dienone is 1. The third-order valence-corrected chi connectivity index (χ3v) is 11.4. The Morgan fingerprint density at radius 2 is 1.42 bits per heavy atom. The fourth-order valence-corrected chi connectivity index (χ4v) is 8.09. The number of hydrogen-bond acceptors (Lipinski definition) is 16. The van der Waals surface area contributed by atoms with E-state index in [4.69, 9.17) is 11.6 Å². The van der Waals surface area contributed by atoms with E-state index in [-0.39, 0.29) is 34.0 Å². The number of fused-ring (bicyclic) bond motifs is 2. The molecule has 0 fully saturated rings. The number of carbonyl (C=O) groups is 1. The number of anilines is 5. The standard InChI is InChI=1S/C30H22ClN7O13S4/c1-38(18-5-3-2-4-6-18)30-34-28(31)33-29(35-30)32-17-7-8-20-15(9-17)12-25(55(49,50)51)26(27(20)39)37-36-22-14-21-16(11-24(22)54(46,47)48)10-19(52(40,41)42)13-23(21)53(43,44)45/h2-14,36H,1H3,(H,40,41,42)(H,43,44,45)(H,46,47,48)(H,49,50,51)(H,32,33,34,35)/b37-26+. The molecule has 0 amide bonds. The van der Waals surface area contributed by atoms with Crippen molar-refractivity contribution in [3.8, 4) is 0 Å². The highest BCUT2D eigenvalue weighted by Crippen LogP contribution is 2.35. The number of halogens is 1. The maximum atomic E-state index is 13.7. The van der Waals surface area contributed by atoms with Crippen molar-refractivity contribution in [1.29, 1.82) is 0 Å². The van der Waals surface area contributed by atoms with Crippen molar-refractivity contribution in [2.24, 2.45) is 5.10 Å². The number of carbonyl (C=O) groups excluding carboxylic acids is 1. The zero-order chi connectivity index (χ0) is 40.2. The molecule has 20 nitrogen and oxygen atoms in total. The maximum Gasteiger partial charge on any atom is 0.296 e. The van der Waals surface area contributed by atoms with Gasteiger partial charge in [-0.15, -0.1) is 0 Å². The van der Waals surface area contributed by atoms with Gasteiger partial charge in [-0.25, -0.2) is 0 Å². The van der Waals surface area contributed by atoms with Crippen LogP contribution >= 0.6 is 11.6 Å². The third-order valence-electron chi connectivity index (χ3n) is 7.74. The van der Waals surface area contributed by atoms with E-state index < -0.39 is 88.0 Å². The second kappa shape index (κ2) is 14.0. The molecule has 5 aromatic rings. The minimum absolute atomic E-state index is 0.0401. The van der Waals surface area contributed by atoms with E-state index in [1.165, 1.54) is 18.2 Å². The zero-order valence-corrected chi connectivity index (χ0v) is 31.2. The Bertz CT molecular complexity index is 2980. The van der Waals surface area contributed by atoms with Crippen molar-refractivity contribution in [2.45, 2.75) is 14.7 Å². The van der Waals surface area contributed by atoms with Gasteiger partial charge in [0.25, 0.3) is 40.5 Å². The van der Waals surface area contributed by atoms with Gasteiger partial charge in [0.2, 0.25) is 23.0 Å². The van der Waals surface area contributed by atoms with Gasteiger partial charge in [-0.1, -0.05) is 18.2 Å². The summed E-state index contributed by atoms with van der Waals surface area (Å²) >= 11 is 6.14. The average molecular weight is 852 g/mol. The van der Waals surface area contributed by atoms with E-state index in [0.717, 1.165) is 11.8 Å². The van der Waals surface area contributed by atoms with Gasteiger partial charge in [0, 0.05) is 29.4 Å². The molecule has 1 aliphatic carbocycles. The summed E-state index contributed by atoms with van der Waals surface area (Å²) in [7, 11) is -19.3. The molecular formula is C30H22ClN7O13S4. The summed E-state index contributed by atoms with van der Waals surface area (Å²) in [6.45, 7) is 0. The van der Waals surface area contributed by atoms with Gasteiger partial charge in [-0.2, -0.15) is 53.7 Å². The molecule has 55 heavy (non-hydrogen) atoms. The zero-order valence-electron chi connectivity index (χ0n) is 27.2. The predicted octanol–water partition coefficient (Wildman–Crippen LogP) is 3.82. The summed E-state index contributed by atoms with van der Waals surface area (Å²) in [6.07, 6.45) is 0.865. The van der Waals surface area contributed by atoms with Gasteiger partial charge in [0.05, 0.1) is 10.6 Å². The third kappa shape index (κ3) is 8.31. The topological polar surface area (TPSA) is 313 Å². The normalized spacial score (nSPS) is 14.4. The highest BCUT2D eigenvalue weighted by molar-refractivity contribution is 7.91. The van der Waals surface area contributed by atoms with Crippen LogP contribution < -0.4 is 15.6 Å². The van der Waals surface area contributed by atoms with Crippen molar-refractivity contribution in [3.05, 3.63) is 94.1 Å². The first-order valence-electron chi connectivity index (χ1n) is 14.7. The summed E-state index contributed by atoms with van der Waals surface area (Å²) < 4.78 is 137. The first kappa shape index (κ1) is 39.3. The fraction of sp³-hybridized carbons (Fsp3) is 0.0333. The quantitative estimate of drug-likeness (QED) is 0.0859. The molecule has 4 aromatic carbocycles. The number of nitrogens with one attached hydrogen (secondary N) is 2. The SMILES string of the molecule is CN(c1ccccc1)c1nc(Cl)nc(Nc2ccc3c(c2)C=C(S(=O)(=O)O)/C(=N\Nc2cc4c(S(=O)(=O)O)cc(S(=O)(=O)O)cc4cc2S(=O)(=O)O)C3=O)n1. The Hall–Kier alpha value is -5.44. The first-order valence-corrected chi connectivity index (χ1v) is 20.9. The van der Waals surface area contributed by atoms with Gasteiger partial charge in [0.1, 0.15) is 14.7 Å². The number of hydrogen-bond donors (Lipinski definition) is 6. The average Bonchev–Trinajstić information content (AvgIpc) is 3.08. The second-order valence-electron chi connectivity index (χ2n) is 11.4. The molecular weight excluding hydrogens is 830 g/mol. The van der Waals surface area contributed by atoms with Crippen molar-refractivity contribution < 1.29 is 56.7 Å². The predicted molar refractivity (Wildman–Crippen MR) is 197 cm³/mol. The lowest BCUT2D eigenvalue weighted by atomic mass is 9.94. The molecule has 1 aliphatic rings. The Balaban J connectivity index is 1.41. The molecule has 0 atom stereocenters. The molecule has 0 saturated carbocycles. The van der Waals surface area contributed by atoms with Crippen LogP contribution in [-0.4, -0.2) is 85.4 Å². The van der Waals surface area contributed by atoms with Crippen molar-refractivity contribution in [1.82, 2.24) is 15.0 Å². The summed E-state index contributed by atoms with van der Waals surface area (Å²) in [4.78, 5) is 23.4. The second-order valence-corrected chi connectivity index (χ2v) is 17.3. The van der Waals surface area contributed by atoms with Crippen molar-refractivity contribution >= 4 is 109 Å². The molecule has 0 spiro atoms. The van der Waals surface area contributed by atoms with Crippen LogP contribution in [0.5, 0.6) is 0 Å². The Kier molecular flexibility index (Phi) is 10.00. The van der Waals surface area contributed by atoms with Crippen molar-refractivity contribution in [2.75, 3.05) is 22.7 Å². The number of aromatic nitrogens is 3. The number of para-hydroxylation sites is 1. The Morgan fingerprint density at radius 1 is 0.745 bits per heavy atom. The van der Waals surface area contributed by atoms with Crippen LogP contribution in [0.15, 0.2) is 97.5 Å². The number of benzene rings is 4. The number of rotatable bonds is 10. The van der Waals surface area contributed by atoms with Crippen LogP contribution in [0.3, 0.4) is 0 Å². The molecule has 0 saturated heterocycles. The number of ketones is 1. The summed E-state index contributed by atoms with van der Waals surface area (Å²) in [5.74, 6) is -1.00. The lowest BCUT2D eigenvalue weighted by Gasteiger charge is -2.19. The highest BCUT2D eigenvalue weighted by Gasteiger charge is 2.33. The van der Waals surface area contributed by atoms with E-state index in [1.54, 1.807) is 36.2 Å². The molecule has 25 heteroatoms. The maximum absolute atomic E-state index is 13.7. The summed E-state index contributed by atoms with van der Waals surface area (Å²) in [5.41, 5.74) is 0.971.